The molecule has 0 spiro atoms. The van der Waals surface area contributed by atoms with E-state index in [1.54, 1.807) is 23.5 Å². The van der Waals surface area contributed by atoms with Gasteiger partial charge >= 0.3 is 0 Å². The molecule has 0 bridgehead atoms. The first-order valence-electron chi connectivity index (χ1n) is 5.45. The Balaban J connectivity index is 1.91. The van der Waals surface area contributed by atoms with E-state index in [0.717, 1.165) is 18.7 Å². The van der Waals surface area contributed by atoms with Gasteiger partial charge in [0.2, 0.25) is 10.0 Å². The molecule has 0 atom stereocenters. The monoisotopic (exact) mass is 282 g/mol. The summed E-state index contributed by atoms with van der Waals surface area (Å²) < 4.78 is 22.1. The summed E-state index contributed by atoms with van der Waals surface area (Å²) >= 11 is 1.73. The van der Waals surface area contributed by atoms with Gasteiger partial charge in [-0.25, -0.2) is 13.6 Å². The fourth-order valence-electron chi connectivity index (χ4n) is 1.55. The van der Waals surface area contributed by atoms with Gasteiger partial charge in [-0.05, 0) is 42.1 Å². The van der Waals surface area contributed by atoms with Crippen LogP contribution in [0.4, 0.5) is 5.69 Å². The van der Waals surface area contributed by atoms with Crippen LogP contribution in [-0.4, -0.2) is 15.0 Å². The first-order valence-corrected chi connectivity index (χ1v) is 7.87. The summed E-state index contributed by atoms with van der Waals surface area (Å²) in [5.41, 5.74) is 0.888. The second-order valence-electron chi connectivity index (χ2n) is 3.83. The van der Waals surface area contributed by atoms with E-state index in [1.807, 2.05) is 6.07 Å². The highest BCUT2D eigenvalue weighted by Crippen LogP contribution is 2.13. The van der Waals surface area contributed by atoms with Crippen LogP contribution in [0.1, 0.15) is 4.88 Å². The Hall–Kier alpha value is -1.37. The molecule has 0 saturated carbocycles. The zero-order valence-corrected chi connectivity index (χ0v) is 11.3. The van der Waals surface area contributed by atoms with Gasteiger partial charge in [-0.2, -0.15) is 0 Å². The number of hydrogen-bond acceptors (Lipinski definition) is 4. The minimum Gasteiger partial charge on any atom is -0.385 e. The molecule has 1 heterocycles. The molecule has 3 N–H and O–H groups in total. The van der Waals surface area contributed by atoms with Crippen molar-refractivity contribution in [3.63, 3.8) is 0 Å². The number of rotatable bonds is 5. The van der Waals surface area contributed by atoms with Gasteiger partial charge in [0.05, 0.1) is 4.90 Å². The van der Waals surface area contributed by atoms with Crippen LogP contribution < -0.4 is 10.5 Å². The maximum Gasteiger partial charge on any atom is 0.238 e. The lowest BCUT2D eigenvalue weighted by molar-refractivity contribution is 0.598. The lowest BCUT2D eigenvalue weighted by atomic mass is 10.3. The number of thiophene rings is 1. The maximum absolute atomic E-state index is 11.1. The van der Waals surface area contributed by atoms with E-state index in [9.17, 15) is 8.42 Å². The lowest BCUT2D eigenvalue weighted by Crippen LogP contribution is -2.12. The number of primary sulfonamides is 1. The predicted molar refractivity (Wildman–Crippen MR) is 74.3 cm³/mol. The number of nitrogens with two attached hydrogens (primary N) is 1. The summed E-state index contributed by atoms with van der Waals surface area (Å²) in [6.45, 7) is 0.815. The van der Waals surface area contributed by atoms with Crippen molar-refractivity contribution >= 4 is 27.0 Å². The molecule has 1 aromatic carbocycles. The zero-order chi connectivity index (χ0) is 13.0. The van der Waals surface area contributed by atoms with Gasteiger partial charge in [-0.3, -0.25) is 0 Å². The molecular weight excluding hydrogens is 268 g/mol. The van der Waals surface area contributed by atoms with E-state index in [1.165, 1.54) is 17.0 Å². The molecule has 96 valence electrons. The van der Waals surface area contributed by atoms with Gasteiger partial charge in [0.1, 0.15) is 0 Å². The lowest BCUT2D eigenvalue weighted by Gasteiger charge is -2.06. The van der Waals surface area contributed by atoms with Crippen LogP contribution >= 0.6 is 11.3 Å². The molecule has 18 heavy (non-hydrogen) atoms. The van der Waals surface area contributed by atoms with Crippen LogP contribution in [-0.2, 0) is 16.4 Å². The van der Waals surface area contributed by atoms with Gasteiger partial charge in [-0.15, -0.1) is 11.3 Å². The van der Waals surface area contributed by atoms with Crippen LogP contribution in [0, 0.1) is 0 Å². The molecule has 0 aliphatic carbocycles. The molecular formula is C12H14N2O2S2. The normalized spacial score (nSPS) is 11.4. The molecule has 0 aliphatic heterocycles. The third kappa shape index (κ3) is 3.56. The van der Waals surface area contributed by atoms with Crippen molar-refractivity contribution < 1.29 is 8.42 Å². The Kier molecular flexibility index (Phi) is 4.00. The topological polar surface area (TPSA) is 72.2 Å². The van der Waals surface area contributed by atoms with Crippen LogP contribution in [0.3, 0.4) is 0 Å². The quantitative estimate of drug-likeness (QED) is 0.881. The Morgan fingerprint density at radius 2 is 1.89 bits per heavy atom. The summed E-state index contributed by atoms with van der Waals surface area (Å²) in [6.07, 6.45) is 0.953. The Morgan fingerprint density at radius 1 is 1.17 bits per heavy atom. The van der Waals surface area contributed by atoms with E-state index < -0.39 is 10.0 Å². The van der Waals surface area contributed by atoms with Crippen molar-refractivity contribution in [2.75, 3.05) is 11.9 Å². The van der Waals surface area contributed by atoms with E-state index >= 15 is 0 Å². The van der Waals surface area contributed by atoms with Gasteiger partial charge in [0.15, 0.2) is 0 Å². The summed E-state index contributed by atoms with van der Waals surface area (Å²) in [6, 6.07) is 10.6. The molecule has 0 unspecified atom stereocenters. The first kappa shape index (κ1) is 13.1. The van der Waals surface area contributed by atoms with Crippen molar-refractivity contribution in [3.8, 4) is 0 Å². The third-order valence-electron chi connectivity index (χ3n) is 2.46. The van der Waals surface area contributed by atoms with Crippen LogP contribution in [0.15, 0.2) is 46.7 Å². The van der Waals surface area contributed by atoms with E-state index in [2.05, 4.69) is 16.8 Å². The molecule has 6 heteroatoms. The van der Waals surface area contributed by atoms with Gasteiger partial charge in [-0.1, -0.05) is 6.07 Å². The number of hydrogen-bond donors (Lipinski definition) is 2. The maximum atomic E-state index is 11.1. The molecule has 0 saturated heterocycles. The summed E-state index contributed by atoms with van der Waals surface area (Å²) in [5.74, 6) is 0. The van der Waals surface area contributed by atoms with Gasteiger partial charge < -0.3 is 5.32 Å². The van der Waals surface area contributed by atoms with Crippen molar-refractivity contribution in [1.82, 2.24) is 0 Å². The molecule has 4 nitrogen and oxygen atoms in total. The van der Waals surface area contributed by atoms with Crippen LogP contribution in [0.25, 0.3) is 0 Å². The van der Waals surface area contributed by atoms with E-state index in [-0.39, 0.29) is 4.90 Å². The molecule has 0 fully saturated rings. The fraction of sp³-hybridized carbons (Fsp3) is 0.167. The fourth-order valence-corrected chi connectivity index (χ4v) is 2.77. The minimum atomic E-state index is -3.60. The van der Waals surface area contributed by atoms with Crippen LogP contribution in [0.2, 0.25) is 0 Å². The Morgan fingerprint density at radius 3 is 2.44 bits per heavy atom. The van der Waals surface area contributed by atoms with Crippen LogP contribution in [0.5, 0.6) is 0 Å². The van der Waals surface area contributed by atoms with Gasteiger partial charge in [0, 0.05) is 17.1 Å². The number of anilines is 1. The summed E-state index contributed by atoms with van der Waals surface area (Å²) in [4.78, 5) is 1.45. The average Bonchev–Trinajstić information content (AvgIpc) is 2.82. The summed E-state index contributed by atoms with van der Waals surface area (Å²) in [5, 5.41) is 10.3. The second-order valence-corrected chi connectivity index (χ2v) is 6.42. The molecule has 0 aliphatic rings. The highest BCUT2D eigenvalue weighted by Gasteiger charge is 2.06. The number of sulfonamides is 1. The number of benzene rings is 1. The van der Waals surface area contributed by atoms with Crippen molar-refractivity contribution in [1.29, 1.82) is 0 Å². The smallest absolute Gasteiger partial charge is 0.238 e. The molecule has 2 rings (SSSR count). The standard InChI is InChI=1S/C12H14N2O2S2/c13-18(15,16)12-5-3-10(4-6-12)14-8-7-11-2-1-9-17-11/h1-6,9,14H,7-8H2,(H2,13,15,16). The molecule has 0 amide bonds. The van der Waals surface area contributed by atoms with Crippen molar-refractivity contribution in [2.24, 2.45) is 5.14 Å². The van der Waals surface area contributed by atoms with Crippen molar-refractivity contribution in [3.05, 3.63) is 46.7 Å². The van der Waals surface area contributed by atoms with Crippen molar-refractivity contribution in [2.45, 2.75) is 11.3 Å². The summed E-state index contributed by atoms with van der Waals surface area (Å²) in [7, 11) is -3.60. The average molecular weight is 282 g/mol. The third-order valence-corrected chi connectivity index (χ3v) is 4.33. The largest absolute Gasteiger partial charge is 0.385 e. The Bertz CT molecular complexity index is 590. The van der Waals surface area contributed by atoms with E-state index in [4.69, 9.17) is 5.14 Å². The second kappa shape index (κ2) is 5.51. The predicted octanol–water partition coefficient (Wildman–Crippen LogP) is 2.05. The minimum absolute atomic E-state index is 0.131. The molecule has 0 radical (unpaired) electrons. The highest BCUT2D eigenvalue weighted by atomic mass is 32.2. The zero-order valence-electron chi connectivity index (χ0n) is 9.67. The first-order chi connectivity index (χ1) is 8.55. The molecule has 2 aromatic rings. The Labute approximate surface area is 111 Å². The van der Waals surface area contributed by atoms with Gasteiger partial charge in [0.25, 0.3) is 0 Å². The number of nitrogens with one attached hydrogen (secondary N) is 1. The highest BCUT2D eigenvalue weighted by molar-refractivity contribution is 7.89. The SMILES string of the molecule is NS(=O)(=O)c1ccc(NCCc2cccs2)cc1. The van der Waals surface area contributed by atoms with E-state index in [0.29, 0.717) is 0 Å². The molecule has 1 aromatic heterocycles.